The summed E-state index contributed by atoms with van der Waals surface area (Å²) in [4.78, 5) is 16.5. The monoisotopic (exact) mass is 345 g/mol. The molecule has 1 aliphatic carbocycles. The van der Waals surface area contributed by atoms with Crippen molar-refractivity contribution in [2.45, 2.75) is 69.2 Å². The first kappa shape index (κ1) is 17.4. The second-order valence-electron chi connectivity index (χ2n) is 6.31. The molecule has 136 valence electrons. The molecule has 4 atom stereocenters. The smallest absolute Gasteiger partial charge is 0.408 e. The lowest BCUT2D eigenvalue weighted by Crippen LogP contribution is -2.48. The van der Waals surface area contributed by atoms with Crippen LogP contribution in [0.1, 0.15) is 39.0 Å². The summed E-state index contributed by atoms with van der Waals surface area (Å²) in [6.45, 7) is 1.77. The van der Waals surface area contributed by atoms with Gasteiger partial charge in [-0.3, -0.25) is 5.21 Å². The summed E-state index contributed by atoms with van der Waals surface area (Å²) in [6.07, 6.45) is -0.369. The first-order chi connectivity index (χ1) is 11.5. The molecule has 0 bridgehead atoms. The Morgan fingerprint density at radius 3 is 2.83 bits per heavy atom. The number of aliphatic hydroxyl groups is 2. The number of esters is 1. The molecule has 2 heterocycles. The summed E-state index contributed by atoms with van der Waals surface area (Å²) in [7, 11) is 0. The van der Waals surface area contributed by atoms with Crippen molar-refractivity contribution in [3.63, 3.8) is 0 Å². The second-order valence-corrected chi connectivity index (χ2v) is 6.31. The lowest BCUT2D eigenvalue weighted by atomic mass is 9.94. The molecular formula is C15H23NO8. The van der Waals surface area contributed by atoms with Gasteiger partial charge in [0.05, 0.1) is 18.1 Å². The molecular weight excluding hydrogens is 322 g/mol. The van der Waals surface area contributed by atoms with E-state index in [1.807, 2.05) is 0 Å². The van der Waals surface area contributed by atoms with Gasteiger partial charge in [-0.05, 0) is 19.8 Å². The summed E-state index contributed by atoms with van der Waals surface area (Å²) < 4.78 is 16.3. The van der Waals surface area contributed by atoms with E-state index in [1.165, 1.54) is 0 Å². The fourth-order valence-corrected chi connectivity index (χ4v) is 3.45. The zero-order valence-corrected chi connectivity index (χ0v) is 13.6. The first-order valence-electron chi connectivity index (χ1n) is 8.33. The lowest BCUT2D eigenvalue weighted by Gasteiger charge is -2.33. The van der Waals surface area contributed by atoms with Crippen LogP contribution in [0.25, 0.3) is 0 Å². The normalized spacial score (nSPS) is 33.5. The van der Waals surface area contributed by atoms with E-state index >= 15 is 0 Å². The minimum atomic E-state index is -1.59. The third-order valence-electron chi connectivity index (χ3n) is 4.70. The third kappa shape index (κ3) is 3.08. The second kappa shape index (κ2) is 6.83. The van der Waals surface area contributed by atoms with Crippen LogP contribution in [0.5, 0.6) is 0 Å². The molecule has 1 saturated heterocycles. The average molecular weight is 345 g/mol. The molecule has 1 saturated carbocycles. The van der Waals surface area contributed by atoms with Gasteiger partial charge >= 0.3 is 11.7 Å². The van der Waals surface area contributed by atoms with Crippen LogP contribution in [0, 0.1) is 5.21 Å². The van der Waals surface area contributed by atoms with E-state index in [0.29, 0.717) is 0 Å². The molecule has 2 aliphatic heterocycles. The molecule has 0 radical (unpaired) electrons. The molecule has 9 heteroatoms. The van der Waals surface area contributed by atoms with Crippen LogP contribution >= 0.6 is 0 Å². The largest absolute Gasteiger partial charge is 0.458 e. The highest BCUT2D eigenvalue weighted by Crippen LogP contribution is 2.39. The predicted octanol–water partition coefficient (Wildman–Crippen LogP) is -0.388. The van der Waals surface area contributed by atoms with Crippen molar-refractivity contribution >= 4 is 11.7 Å². The zero-order valence-electron chi connectivity index (χ0n) is 13.6. The highest BCUT2D eigenvalue weighted by atomic mass is 16.9. The fourth-order valence-electron chi connectivity index (χ4n) is 3.45. The van der Waals surface area contributed by atoms with E-state index in [2.05, 4.69) is 0 Å². The summed E-state index contributed by atoms with van der Waals surface area (Å²) >= 11 is 0. The standard InChI is InChI=1S/C15H23NO8/c1-2-21-14(19)10-12(18)13(24-16(10)20)11(17)9-8-22-15(23-9)6-4-3-5-7-15/h9,11-13,17-18H,2-8H2,1H3/t9-,11+,12+,13+/m1/s1. The van der Waals surface area contributed by atoms with Crippen LogP contribution in [0.4, 0.5) is 0 Å². The SMILES string of the molecule is CCOC(=O)C1=[N+]([O-])O[C@@H]([C@@H](O)[C@H]2COC3(CCCCC3)O2)[C@H]1O. The minimum absolute atomic E-state index is 0.0538. The molecule has 0 aromatic rings. The highest BCUT2D eigenvalue weighted by Gasteiger charge is 2.52. The van der Waals surface area contributed by atoms with Gasteiger partial charge in [-0.2, -0.15) is 0 Å². The maximum Gasteiger partial charge on any atom is 0.408 e. The van der Waals surface area contributed by atoms with Gasteiger partial charge in [0.1, 0.15) is 18.3 Å². The topological polar surface area (TPSA) is 121 Å². The van der Waals surface area contributed by atoms with Gasteiger partial charge in [0.15, 0.2) is 11.9 Å². The van der Waals surface area contributed by atoms with Crippen LogP contribution in [0.15, 0.2) is 0 Å². The number of hydrogen-bond acceptors (Lipinski definition) is 8. The Labute approximate surface area is 139 Å². The maximum absolute atomic E-state index is 11.7. The van der Waals surface area contributed by atoms with Crippen molar-refractivity contribution in [3.8, 4) is 0 Å². The quantitative estimate of drug-likeness (QED) is 0.522. The van der Waals surface area contributed by atoms with E-state index in [1.54, 1.807) is 6.92 Å². The summed E-state index contributed by atoms with van der Waals surface area (Å²) in [5.41, 5.74) is -0.577. The van der Waals surface area contributed by atoms with E-state index in [4.69, 9.17) is 19.0 Å². The van der Waals surface area contributed by atoms with Crippen molar-refractivity contribution < 1.29 is 39.0 Å². The van der Waals surface area contributed by atoms with Gasteiger partial charge in [-0.15, -0.1) is 0 Å². The Morgan fingerprint density at radius 2 is 2.17 bits per heavy atom. The van der Waals surface area contributed by atoms with Gasteiger partial charge in [-0.25, -0.2) is 4.79 Å². The molecule has 0 unspecified atom stereocenters. The van der Waals surface area contributed by atoms with Crippen molar-refractivity contribution in [2.75, 3.05) is 13.2 Å². The number of ether oxygens (including phenoxy) is 3. The first-order valence-corrected chi connectivity index (χ1v) is 8.33. The van der Waals surface area contributed by atoms with Crippen molar-refractivity contribution in [1.82, 2.24) is 0 Å². The Kier molecular flexibility index (Phi) is 4.95. The third-order valence-corrected chi connectivity index (χ3v) is 4.70. The molecule has 2 fully saturated rings. The van der Waals surface area contributed by atoms with Gasteiger partial charge < -0.3 is 29.3 Å². The fraction of sp³-hybridized carbons (Fsp3) is 0.867. The Bertz CT molecular complexity index is 516. The van der Waals surface area contributed by atoms with Gasteiger partial charge in [0.25, 0.3) is 0 Å². The number of carbonyl (C=O) groups is 1. The highest BCUT2D eigenvalue weighted by molar-refractivity contribution is 6.36. The van der Waals surface area contributed by atoms with Crippen LogP contribution < -0.4 is 0 Å². The van der Waals surface area contributed by atoms with Gasteiger partial charge in [-0.1, -0.05) is 6.42 Å². The Hall–Kier alpha value is -1.42. The van der Waals surface area contributed by atoms with Crippen molar-refractivity contribution in [1.29, 1.82) is 0 Å². The van der Waals surface area contributed by atoms with Crippen molar-refractivity contribution in [3.05, 3.63) is 5.21 Å². The molecule has 0 aromatic carbocycles. The molecule has 1 spiro atoms. The van der Waals surface area contributed by atoms with Gasteiger partial charge in [0.2, 0.25) is 0 Å². The molecule has 24 heavy (non-hydrogen) atoms. The minimum Gasteiger partial charge on any atom is -0.458 e. The van der Waals surface area contributed by atoms with Crippen LogP contribution in [-0.2, 0) is 23.8 Å². The van der Waals surface area contributed by atoms with Crippen LogP contribution in [0.3, 0.4) is 0 Å². The average Bonchev–Trinajstić information content (AvgIpc) is 3.09. The van der Waals surface area contributed by atoms with E-state index in [0.717, 1.165) is 32.1 Å². The number of nitrogens with zero attached hydrogens (tertiary/aromatic N) is 1. The van der Waals surface area contributed by atoms with E-state index in [-0.39, 0.29) is 18.1 Å². The van der Waals surface area contributed by atoms with E-state index in [9.17, 15) is 20.2 Å². The number of rotatable bonds is 4. The molecule has 2 N–H and O–H groups in total. The summed E-state index contributed by atoms with van der Waals surface area (Å²) in [5.74, 6) is -1.67. The lowest BCUT2D eigenvalue weighted by molar-refractivity contribution is -0.742. The molecule has 0 amide bonds. The number of aliphatic hydroxyl groups excluding tert-OH is 2. The van der Waals surface area contributed by atoms with Crippen molar-refractivity contribution in [2.24, 2.45) is 0 Å². The molecule has 3 aliphatic rings. The number of carbonyl (C=O) groups excluding carboxylic acids is 1. The van der Waals surface area contributed by atoms with Crippen LogP contribution in [-0.4, -0.2) is 70.2 Å². The molecule has 3 rings (SSSR count). The van der Waals surface area contributed by atoms with E-state index < -0.39 is 41.9 Å². The Balaban J connectivity index is 1.64. The van der Waals surface area contributed by atoms with Gasteiger partial charge in [0, 0.05) is 12.8 Å². The zero-order chi connectivity index (χ0) is 17.3. The molecule has 9 nitrogen and oxygen atoms in total. The number of hydrogen-bond donors (Lipinski definition) is 2. The van der Waals surface area contributed by atoms with Crippen LogP contribution in [0.2, 0.25) is 0 Å². The summed E-state index contributed by atoms with van der Waals surface area (Å²) in [5, 5.41) is 32.4. The maximum atomic E-state index is 11.7. The summed E-state index contributed by atoms with van der Waals surface area (Å²) in [6, 6.07) is 0. The predicted molar refractivity (Wildman–Crippen MR) is 78.8 cm³/mol. The molecule has 0 aromatic heterocycles. The Morgan fingerprint density at radius 1 is 1.46 bits per heavy atom.